The molecule has 61 heavy (non-hydrogen) atoms. The Kier molecular flexibility index (Phi) is 13.0. The molecule has 1 fully saturated rings. The van der Waals surface area contributed by atoms with Crippen LogP contribution in [0, 0.1) is 0 Å². The van der Waals surface area contributed by atoms with Crippen LogP contribution < -0.4 is 15.9 Å². The molecule has 0 bridgehead atoms. The number of thioether (sulfide) groups is 1. The van der Waals surface area contributed by atoms with Crippen LogP contribution in [0.25, 0.3) is 0 Å². The van der Waals surface area contributed by atoms with Gasteiger partial charge in [-0.05, 0) is 57.7 Å². The van der Waals surface area contributed by atoms with Crippen LogP contribution >= 0.6 is 18.6 Å². The van der Waals surface area contributed by atoms with Gasteiger partial charge in [-0.1, -0.05) is 215 Å². The average Bonchev–Trinajstić information content (AvgIpc) is 3.29. The van der Waals surface area contributed by atoms with Crippen molar-refractivity contribution in [3.8, 4) is 0 Å². The Bertz CT molecular complexity index is 2300. The van der Waals surface area contributed by atoms with Crippen molar-refractivity contribution in [2.24, 2.45) is 0 Å². The second-order valence-corrected chi connectivity index (χ2v) is 26.7. The molecule has 1 heterocycles. The SMILES string of the molecule is C=CCOC(=O)C(N1C[C@](SC(c2ccccc2)(c2ccccc2)c2ccccc2)(C(C)O[Si](C)(C)C(C)(C)C)C1=O)=P(c1ccccc1)(c1ccccc1)c1ccccc1. The summed E-state index contributed by atoms with van der Waals surface area (Å²) in [6, 6.07) is 61.8. The number of benzene rings is 6. The number of amides is 1. The van der Waals surface area contributed by atoms with Crippen LogP contribution in [0.2, 0.25) is 18.1 Å². The number of nitrogens with zero attached hydrogens (tertiary/aromatic N) is 1. The molecule has 0 aliphatic carbocycles. The number of carbonyl (C=O) groups is 2. The van der Waals surface area contributed by atoms with E-state index in [1.54, 1.807) is 22.7 Å². The molecular weight excluding hydrogens is 806 g/mol. The molecular formula is C53H56NO4PSSi. The third-order valence-corrected chi connectivity index (χ3v) is 23.2. The summed E-state index contributed by atoms with van der Waals surface area (Å²) in [5, 5.41) is 2.69. The molecule has 0 N–H and O–H groups in total. The van der Waals surface area contributed by atoms with Gasteiger partial charge in [0.2, 0.25) is 5.91 Å². The minimum Gasteiger partial charge on any atom is -0.457 e. The first-order valence-electron chi connectivity index (χ1n) is 20.9. The lowest BCUT2D eigenvalue weighted by Gasteiger charge is -2.57. The number of carbonyl (C=O) groups excluding carboxylic acids is 2. The Morgan fingerprint density at radius 3 is 1.39 bits per heavy atom. The molecule has 1 aliphatic rings. The van der Waals surface area contributed by atoms with Gasteiger partial charge in [-0.15, -0.1) is 11.8 Å². The van der Waals surface area contributed by atoms with Gasteiger partial charge in [0.15, 0.2) is 8.32 Å². The van der Waals surface area contributed by atoms with E-state index in [9.17, 15) is 0 Å². The molecule has 5 nitrogen and oxygen atoms in total. The fraction of sp³-hybridized carbons (Fsp3) is 0.226. The van der Waals surface area contributed by atoms with Crippen molar-refractivity contribution in [1.29, 1.82) is 0 Å². The first kappa shape index (κ1) is 43.9. The number of esters is 1. The maximum atomic E-state index is 16.4. The topological polar surface area (TPSA) is 55.8 Å². The molecule has 1 aliphatic heterocycles. The van der Waals surface area contributed by atoms with Gasteiger partial charge in [0.25, 0.3) is 0 Å². The number of β-lactam (4-membered cyclic amide) rings is 1. The van der Waals surface area contributed by atoms with Crippen LogP contribution in [0.15, 0.2) is 195 Å². The van der Waals surface area contributed by atoms with Crippen molar-refractivity contribution in [2.45, 2.75) is 61.4 Å². The fourth-order valence-corrected chi connectivity index (χ4v) is 16.0. The van der Waals surface area contributed by atoms with Crippen molar-refractivity contribution in [2.75, 3.05) is 13.2 Å². The van der Waals surface area contributed by atoms with Crippen LogP contribution in [0.1, 0.15) is 44.4 Å². The Hall–Kier alpha value is -5.17. The van der Waals surface area contributed by atoms with Gasteiger partial charge in [-0.3, -0.25) is 4.79 Å². The summed E-state index contributed by atoms with van der Waals surface area (Å²) in [5.74, 6) is -0.733. The lowest BCUT2D eigenvalue weighted by molar-refractivity contribution is -0.146. The zero-order valence-electron chi connectivity index (χ0n) is 36.0. The predicted molar refractivity (Wildman–Crippen MR) is 260 cm³/mol. The number of rotatable bonds is 15. The van der Waals surface area contributed by atoms with Gasteiger partial charge in [0.1, 0.15) is 16.8 Å². The fourth-order valence-electron chi connectivity index (χ4n) is 8.22. The van der Waals surface area contributed by atoms with E-state index in [2.05, 4.69) is 157 Å². The molecule has 2 atom stereocenters. The van der Waals surface area contributed by atoms with E-state index in [-0.39, 0.29) is 24.1 Å². The summed E-state index contributed by atoms with van der Waals surface area (Å²) in [7, 11) is -2.47. The molecule has 1 saturated heterocycles. The van der Waals surface area contributed by atoms with E-state index in [1.165, 1.54) is 0 Å². The normalized spacial score (nSPS) is 16.3. The van der Waals surface area contributed by atoms with Crippen LogP contribution in [-0.4, -0.2) is 54.5 Å². The van der Waals surface area contributed by atoms with Crippen molar-refractivity contribution < 1.29 is 18.8 Å². The Balaban J connectivity index is 1.56. The third-order valence-electron chi connectivity index (χ3n) is 12.3. The summed E-state index contributed by atoms with van der Waals surface area (Å²) in [6.45, 7) is 14.2. The van der Waals surface area contributed by atoms with Crippen molar-refractivity contribution in [3.63, 3.8) is 0 Å². The number of hydrogen-bond acceptors (Lipinski definition) is 5. The highest BCUT2D eigenvalue weighted by Crippen LogP contribution is 2.59. The van der Waals surface area contributed by atoms with E-state index < -0.39 is 36.8 Å². The highest BCUT2D eigenvalue weighted by molar-refractivity contribution is 8.03. The molecule has 1 unspecified atom stereocenters. The molecule has 0 aromatic heterocycles. The maximum Gasteiger partial charge on any atom is 0.356 e. The first-order chi connectivity index (χ1) is 29.3. The van der Waals surface area contributed by atoms with E-state index in [4.69, 9.17) is 9.16 Å². The van der Waals surface area contributed by atoms with E-state index in [0.717, 1.165) is 32.6 Å². The molecule has 6 aromatic carbocycles. The Morgan fingerprint density at radius 1 is 0.705 bits per heavy atom. The van der Waals surface area contributed by atoms with E-state index in [1.807, 2.05) is 72.8 Å². The zero-order valence-corrected chi connectivity index (χ0v) is 38.7. The second kappa shape index (κ2) is 18.0. The highest BCUT2D eigenvalue weighted by atomic mass is 32.2. The summed E-state index contributed by atoms with van der Waals surface area (Å²) in [5.41, 5.74) is 3.45. The first-order valence-corrected chi connectivity index (χ1v) is 26.4. The largest absolute Gasteiger partial charge is 0.457 e. The summed E-state index contributed by atoms with van der Waals surface area (Å²) in [4.78, 5) is 33.4. The second-order valence-electron chi connectivity index (χ2n) is 17.1. The monoisotopic (exact) mass is 861 g/mol. The molecule has 312 valence electrons. The van der Waals surface area contributed by atoms with Gasteiger partial charge in [-0.2, -0.15) is 0 Å². The minimum atomic E-state index is -3.13. The number of hydrogen-bond donors (Lipinski definition) is 0. The molecule has 0 spiro atoms. The predicted octanol–water partition coefficient (Wildman–Crippen LogP) is 10.6. The van der Waals surface area contributed by atoms with Gasteiger partial charge < -0.3 is 14.1 Å². The van der Waals surface area contributed by atoms with Crippen molar-refractivity contribution in [3.05, 3.63) is 211 Å². The molecule has 7 rings (SSSR count). The standard InChI is InChI=1S/C53H56NO4PSSi/c1-8-39-57-49(55)48(59(45-33-21-12-22-34-45,46-35-23-13-24-36-46)47-37-25-14-26-38-47)54-40-52(50(54)56,41(2)58-61(6,7)51(3,4)5)60-53(42-27-15-9-16-28-42,43-29-17-10-18-30-43)44-31-19-11-20-32-44/h8-38,41H,1,39-40H2,2-7H3/t41?,52-/m0/s1. The van der Waals surface area contributed by atoms with Crippen molar-refractivity contribution in [1.82, 2.24) is 4.90 Å². The van der Waals surface area contributed by atoms with Crippen LogP contribution in [0.3, 0.4) is 0 Å². The summed E-state index contributed by atoms with van der Waals surface area (Å²) in [6.07, 6.45) is 1.02. The molecule has 6 aromatic rings. The lowest BCUT2D eigenvalue weighted by Crippen LogP contribution is -2.74. The number of likely N-dealkylation sites (tertiary alicyclic amines) is 1. The van der Waals surface area contributed by atoms with Crippen molar-refractivity contribution >= 4 is 60.2 Å². The van der Waals surface area contributed by atoms with Crippen LogP contribution in [0.5, 0.6) is 0 Å². The third kappa shape index (κ3) is 8.05. The van der Waals surface area contributed by atoms with Gasteiger partial charge in [-0.25, -0.2) is 4.79 Å². The van der Waals surface area contributed by atoms with Gasteiger partial charge in [0, 0.05) is 6.89 Å². The Labute approximate surface area is 368 Å². The molecule has 1 amide bonds. The van der Waals surface area contributed by atoms with E-state index >= 15 is 9.59 Å². The summed E-state index contributed by atoms with van der Waals surface area (Å²) < 4.78 is 11.4. The van der Waals surface area contributed by atoms with E-state index in [0.29, 0.717) is 5.42 Å². The molecule has 0 saturated carbocycles. The lowest BCUT2D eigenvalue weighted by atomic mass is 9.84. The van der Waals surface area contributed by atoms with Gasteiger partial charge in [0.05, 0.1) is 17.4 Å². The van der Waals surface area contributed by atoms with Gasteiger partial charge >= 0.3 is 5.97 Å². The minimum absolute atomic E-state index is 0.00730. The maximum absolute atomic E-state index is 16.4. The number of ether oxygens (including phenoxy) is 1. The van der Waals surface area contributed by atoms with Crippen LogP contribution in [-0.2, 0) is 23.5 Å². The molecule has 0 radical (unpaired) electrons. The summed E-state index contributed by atoms with van der Waals surface area (Å²) >= 11 is 1.64. The average molecular weight is 862 g/mol. The van der Waals surface area contributed by atoms with Crippen LogP contribution in [0.4, 0.5) is 0 Å². The quantitative estimate of drug-likeness (QED) is 0.0257. The highest BCUT2D eigenvalue weighted by Gasteiger charge is 2.64. The zero-order chi connectivity index (χ0) is 43.3. The Morgan fingerprint density at radius 2 is 1.07 bits per heavy atom. The smallest absolute Gasteiger partial charge is 0.356 e. The molecule has 8 heteroatoms.